The van der Waals surface area contributed by atoms with E-state index in [1.165, 1.54) is 4.90 Å². The van der Waals surface area contributed by atoms with Gasteiger partial charge in [0.1, 0.15) is 29.2 Å². The van der Waals surface area contributed by atoms with Crippen LogP contribution in [-0.4, -0.2) is 64.4 Å². The smallest absolute Gasteiger partial charge is 0.322 e. The Morgan fingerprint density at radius 3 is 2.57 bits per heavy atom. The van der Waals surface area contributed by atoms with Gasteiger partial charge in [-0.3, -0.25) is 24.1 Å². The highest BCUT2D eigenvalue weighted by Gasteiger charge is 2.80. The van der Waals surface area contributed by atoms with Crippen LogP contribution in [0.3, 0.4) is 0 Å². The number of esters is 2. The maximum absolute atomic E-state index is 12.6. The van der Waals surface area contributed by atoms with Gasteiger partial charge in [-0.2, -0.15) is 0 Å². The van der Waals surface area contributed by atoms with Crippen molar-refractivity contribution in [2.24, 2.45) is 23.7 Å². The van der Waals surface area contributed by atoms with Gasteiger partial charge in [-0.05, 0) is 20.8 Å². The second-order valence-electron chi connectivity index (χ2n) is 8.30. The second kappa shape index (κ2) is 6.38. The lowest BCUT2D eigenvalue weighted by Gasteiger charge is -2.27. The Morgan fingerprint density at radius 1 is 1.29 bits per heavy atom. The number of carbonyl (C=O) groups excluding carboxylic acids is 4. The molecule has 8 nitrogen and oxygen atoms in total. The van der Waals surface area contributed by atoms with E-state index in [9.17, 15) is 19.2 Å². The summed E-state index contributed by atoms with van der Waals surface area (Å²) in [4.78, 5) is 50.2. The van der Waals surface area contributed by atoms with Crippen molar-refractivity contribution in [1.82, 2.24) is 4.90 Å². The number of nitrogens with zero attached hydrogens (tertiary/aromatic N) is 1. The van der Waals surface area contributed by atoms with Crippen LogP contribution in [0.1, 0.15) is 20.8 Å². The number of hydrogen-bond acceptors (Lipinski definition) is 7. The molecule has 2 aliphatic carbocycles. The molecule has 2 saturated heterocycles. The van der Waals surface area contributed by atoms with E-state index < -0.39 is 28.1 Å². The Balaban J connectivity index is 1.24. The molecule has 9 heteroatoms. The summed E-state index contributed by atoms with van der Waals surface area (Å²) in [5.74, 6) is -2.92. The summed E-state index contributed by atoms with van der Waals surface area (Å²) in [5.41, 5.74) is -0.365. The van der Waals surface area contributed by atoms with E-state index in [0.717, 1.165) is 0 Å². The van der Waals surface area contributed by atoms with Crippen molar-refractivity contribution in [1.29, 1.82) is 0 Å². The van der Waals surface area contributed by atoms with E-state index in [-0.39, 0.29) is 55.1 Å². The lowest BCUT2D eigenvalue weighted by Crippen LogP contribution is -2.40. The third-order valence-corrected chi connectivity index (χ3v) is 6.24. The number of epoxide rings is 1. The van der Waals surface area contributed by atoms with Crippen molar-refractivity contribution in [3.63, 3.8) is 0 Å². The lowest BCUT2D eigenvalue weighted by atomic mass is 9.78. The predicted octanol–water partition coefficient (Wildman–Crippen LogP) is 0.821. The summed E-state index contributed by atoms with van der Waals surface area (Å²) in [7, 11) is 0. The van der Waals surface area contributed by atoms with Gasteiger partial charge in [0, 0.05) is 5.92 Å². The molecule has 28 heavy (non-hydrogen) atoms. The Labute approximate surface area is 170 Å². The van der Waals surface area contributed by atoms with Crippen LogP contribution in [0.15, 0.2) is 12.2 Å². The normalized spacial score (nSPS) is 35.6. The molecule has 152 valence electrons. The fourth-order valence-electron chi connectivity index (χ4n) is 4.25. The molecular weight excluding hydrogens is 434 g/mol. The zero-order valence-electron chi connectivity index (χ0n) is 15.8. The number of hydrogen-bond donors (Lipinski definition) is 0. The highest BCUT2D eigenvalue weighted by Crippen LogP contribution is 2.67. The van der Waals surface area contributed by atoms with Crippen molar-refractivity contribution in [2.75, 3.05) is 19.8 Å². The van der Waals surface area contributed by atoms with E-state index in [1.54, 1.807) is 20.8 Å². The van der Waals surface area contributed by atoms with E-state index in [2.05, 4.69) is 15.9 Å². The number of imide groups is 1. The minimum Gasteiger partial charge on any atom is -0.464 e. The van der Waals surface area contributed by atoms with E-state index in [0.29, 0.717) is 0 Å². The third kappa shape index (κ3) is 2.82. The largest absolute Gasteiger partial charge is 0.464 e. The van der Waals surface area contributed by atoms with E-state index >= 15 is 0 Å². The summed E-state index contributed by atoms with van der Waals surface area (Å²) in [6.07, 6.45) is 3.69. The molecule has 0 aromatic carbocycles. The summed E-state index contributed by atoms with van der Waals surface area (Å²) in [6.45, 7) is 4.71. The molecule has 0 bridgehead atoms. The summed E-state index contributed by atoms with van der Waals surface area (Å²) >= 11 is 3.19. The van der Waals surface area contributed by atoms with Gasteiger partial charge in [-0.1, -0.05) is 28.1 Å². The number of amides is 2. The lowest BCUT2D eigenvalue weighted by molar-refractivity contribution is -0.157. The average Bonchev–Trinajstić information content (AvgIpc) is 3.28. The number of alkyl halides is 1. The van der Waals surface area contributed by atoms with Crippen LogP contribution in [0.25, 0.3) is 0 Å². The van der Waals surface area contributed by atoms with Gasteiger partial charge in [-0.15, -0.1) is 0 Å². The number of ether oxygens (including phenoxy) is 3. The third-order valence-electron chi connectivity index (χ3n) is 5.92. The minimum absolute atomic E-state index is 0.0140. The van der Waals surface area contributed by atoms with Gasteiger partial charge >= 0.3 is 11.9 Å². The standard InChI is InChI=1S/C19H22BrNO7/c1-9(8-27-17(25)18(2,3)20)16(24)26-7-6-21-14(22)11-10-4-5-19(10)13(28-19)12(11)15(21)23/h4-5,9-13H,6-8H2,1-3H3. The quantitative estimate of drug-likeness (QED) is 0.184. The Morgan fingerprint density at radius 2 is 1.96 bits per heavy atom. The zero-order valence-corrected chi connectivity index (χ0v) is 17.4. The SMILES string of the molecule is CC(COC(=O)C(C)(C)Br)C(=O)OCCN1C(=O)C2C(C1=O)C1OC13C=CC23. The van der Waals surface area contributed by atoms with Crippen LogP contribution in [0, 0.1) is 23.7 Å². The number of likely N-dealkylation sites (tertiary alicyclic amines) is 1. The Bertz CT molecular complexity index is 788. The van der Waals surface area contributed by atoms with Crippen molar-refractivity contribution < 1.29 is 33.4 Å². The van der Waals surface area contributed by atoms with Crippen LogP contribution in [0.2, 0.25) is 0 Å². The molecule has 4 rings (SSSR count). The van der Waals surface area contributed by atoms with E-state index in [1.807, 2.05) is 12.2 Å². The fourth-order valence-corrected chi connectivity index (χ4v) is 4.37. The number of rotatable bonds is 7. The second-order valence-corrected chi connectivity index (χ2v) is 10.3. The number of carbonyl (C=O) groups is 4. The molecule has 1 saturated carbocycles. The molecule has 0 N–H and O–H groups in total. The Kier molecular flexibility index (Phi) is 4.46. The summed E-state index contributed by atoms with van der Waals surface area (Å²) in [5, 5.41) is 0. The molecule has 0 aromatic heterocycles. The molecule has 2 amide bonds. The zero-order chi connectivity index (χ0) is 20.4. The van der Waals surface area contributed by atoms with Crippen molar-refractivity contribution in [3.05, 3.63) is 12.2 Å². The molecule has 6 atom stereocenters. The fraction of sp³-hybridized carbons (Fsp3) is 0.684. The van der Waals surface area contributed by atoms with Gasteiger partial charge in [0.25, 0.3) is 0 Å². The first kappa shape index (κ1) is 19.6. The van der Waals surface area contributed by atoms with Gasteiger partial charge in [0.15, 0.2) is 0 Å². The molecule has 1 spiro atoms. The van der Waals surface area contributed by atoms with Crippen molar-refractivity contribution >= 4 is 39.7 Å². The number of fused-ring (bicyclic) bond motifs is 3. The van der Waals surface area contributed by atoms with Gasteiger partial charge < -0.3 is 14.2 Å². The molecule has 0 radical (unpaired) electrons. The maximum Gasteiger partial charge on any atom is 0.322 e. The molecule has 0 aromatic rings. The molecular formula is C19H22BrNO7. The Hall–Kier alpha value is -1.74. The molecule has 2 aliphatic heterocycles. The van der Waals surface area contributed by atoms with Crippen molar-refractivity contribution in [3.8, 4) is 0 Å². The van der Waals surface area contributed by atoms with Crippen LogP contribution in [0.4, 0.5) is 0 Å². The first-order valence-corrected chi connectivity index (χ1v) is 10.1. The van der Waals surface area contributed by atoms with Crippen LogP contribution in [-0.2, 0) is 33.4 Å². The first-order chi connectivity index (χ1) is 13.1. The van der Waals surface area contributed by atoms with Crippen LogP contribution in [0.5, 0.6) is 0 Å². The maximum atomic E-state index is 12.6. The molecule has 6 unspecified atom stereocenters. The highest BCUT2D eigenvalue weighted by molar-refractivity contribution is 9.10. The molecule has 4 aliphatic rings. The van der Waals surface area contributed by atoms with Gasteiger partial charge in [0.2, 0.25) is 11.8 Å². The van der Waals surface area contributed by atoms with Gasteiger partial charge in [0.05, 0.1) is 24.3 Å². The predicted molar refractivity (Wildman–Crippen MR) is 98.0 cm³/mol. The highest BCUT2D eigenvalue weighted by atomic mass is 79.9. The topological polar surface area (TPSA) is 103 Å². The van der Waals surface area contributed by atoms with Crippen molar-refractivity contribution in [2.45, 2.75) is 36.8 Å². The first-order valence-electron chi connectivity index (χ1n) is 9.33. The average molecular weight is 456 g/mol. The van der Waals surface area contributed by atoms with E-state index in [4.69, 9.17) is 14.2 Å². The van der Waals surface area contributed by atoms with Crippen LogP contribution >= 0.6 is 15.9 Å². The van der Waals surface area contributed by atoms with Crippen LogP contribution < -0.4 is 0 Å². The summed E-state index contributed by atoms with van der Waals surface area (Å²) in [6, 6.07) is 0. The molecule has 3 fully saturated rings. The monoisotopic (exact) mass is 455 g/mol. The minimum atomic E-state index is -0.830. The summed E-state index contributed by atoms with van der Waals surface area (Å²) < 4.78 is 15.1. The molecule has 2 heterocycles. The number of halogens is 1. The van der Waals surface area contributed by atoms with Gasteiger partial charge in [-0.25, -0.2) is 0 Å².